The highest BCUT2D eigenvalue weighted by Gasteiger charge is 2.26. The Morgan fingerprint density at radius 3 is 2.11 bits per heavy atom. The van der Waals surface area contributed by atoms with Gasteiger partial charge in [0.1, 0.15) is 5.75 Å². The summed E-state index contributed by atoms with van der Waals surface area (Å²) < 4.78 is 5.45. The quantitative estimate of drug-likeness (QED) is 0.660. The van der Waals surface area contributed by atoms with Crippen LogP contribution in [-0.4, -0.2) is 7.11 Å². The summed E-state index contributed by atoms with van der Waals surface area (Å²) in [5.41, 5.74) is 3.90. The summed E-state index contributed by atoms with van der Waals surface area (Å²) in [6, 6.07) is 4.56. The highest BCUT2D eigenvalue weighted by molar-refractivity contribution is 9.09. The van der Waals surface area contributed by atoms with Gasteiger partial charge in [0.2, 0.25) is 0 Å². The summed E-state index contributed by atoms with van der Waals surface area (Å²) in [6.07, 6.45) is 5.45. The van der Waals surface area contributed by atoms with Crippen LogP contribution in [0.1, 0.15) is 54.1 Å². The van der Waals surface area contributed by atoms with Crippen LogP contribution in [0.3, 0.4) is 0 Å². The van der Waals surface area contributed by atoms with Crippen molar-refractivity contribution in [2.45, 2.75) is 51.3 Å². The Labute approximate surface area is 125 Å². The smallest absolute Gasteiger partial charge is 0.124 e. The van der Waals surface area contributed by atoms with Crippen molar-refractivity contribution in [3.8, 4) is 5.75 Å². The Kier molecular flexibility index (Phi) is 4.94. The molecule has 19 heavy (non-hydrogen) atoms. The molecule has 1 saturated carbocycles. The van der Waals surface area contributed by atoms with E-state index in [1.807, 2.05) is 0 Å². The maximum absolute atomic E-state index is 5.45. The molecule has 0 N–H and O–H groups in total. The molecule has 0 amide bonds. The average molecular weight is 325 g/mol. The first-order chi connectivity index (χ1) is 9.02. The minimum absolute atomic E-state index is 0.489. The fourth-order valence-electron chi connectivity index (χ4n) is 3.32. The number of methoxy groups -OCH3 is 1. The highest BCUT2D eigenvalue weighted by Crippen LogP contribution is 2.42. The second kappa shape index (κ2) is 6.30. The zero-order chi connectivity index (χ0) is 14.0. The zero-order valence-electron chi connectivity index (χ0n) is 12.5. The van der Waals surface area contributed by atoms with Crippen molar-refractivity contribution >= 4 is 15.9 Å². The predicted octanol–water partition coefficient (Wildman–Crippen LogP) is 5.57. The summed E-state index contributed by atoms with van der Waals surface area (Å²) in [5.74, 6) is 2.72. The Balaban J connectivity index is 2.17. The van der Waals surface area contributed by atoms with Crippen LogP contribution >= 0.6 is 15.9 Å². The molecular formula is C17H25BrO. The summed E-state index contributed by atoms with van der Waals surface area (Å²) in [5, 5.41) is 0. The topological polar surface area (TPSA) is 9.23 Å². The molecule has 1 unspecified atom stereocenters. The number of rotatable bonds is 3. The molecule has 1 nitrogen and oxygen atoms in total. The molecule has 0 bridgehead atoms. The van der Waals surface area contributed by atoms with Gasteiger partial charge in [0.05, 0.1) is 7.11 Å². The molecule has 0 spiro atoms. The van der Waals surface area contributed by atoms with Gasteiger partial charge in [-0.1, -0.05) is 47.8 Å². The standard InChI is InChI=1S/C17H25BrO/c1-11-5-7-14(8-6-11)16(18)15-9-12(2)17(19-4)13(3)10-15/h9-11,14,16H,5-8H2,1-4H3. The van der Waals surface area contributed by atoms with Crippen molar-refractivity contribution in [1.29, 1.82) is 0 Å². The maximum atomic E-state index is 5.45. The normalized spacial score (nSPS) is 25.1. The third kappa shape index (κ3) is 3.34. The number of hydrogen-bond acceptors (Lipinski definition) is 1. The van der Waals surface area contributed by atoms with E-state index in [0.29, 0.717) is 4.83 Å². The second-order valence-electron chi connectivity index (χ2n) is 6.11. The van der Waals surface area contributed by atoms with E-state index in [1.54, 1.807) is 7.11 Å². The number of benzene rings is 1. The molecule has 1 aromatic carbocycles. The number of alkyl halides is 1. The fourth-order valence-corrected chi connectivity index (χ4v) is 4.11. The molecule has 0 aliphatic heterocycles. The second-order valence-corrected chi connectivity index (χ2v) is 7.10. The highest BCUT2D eigenvalue weighted by atomic mass is 79.9. The third-order valence-electron chi connectivity index (χ3n) is 4.48. The minimum Gasteiger partial charge on any atom is -0.496 e. The minimum atomic E-state index is 0.489. The third-order valence-corrected chi connectivity index (χ3v) is 5.76. The van der Waals surface area contributed by atoms with E-state index in [4.69, 9.17) is 4.74 Å². The SMILES string of the molecule is COc1c(C)cc(C(Br)C2CCC(C)CC2)cc1C. The molecule has 1 aliphatic rings. The van der Waals surface area contributed by atoms with Gasteiger partial charge in [-0.3, -0.25) is 0 Å². The molecule has 1 atom stereocenters. The summed E-state index contributed by atoms with van der Waals surface area (Å²) in [4.78, 5) is 0.489. The van der Waals surface area contributed by atoms with Gasteiger partial charge in [0.15, 0.2) is 0 Å². The van der Waals surface area contributed by atoms with Gasteiger partial charge in [-0.05, 0) is 55.2 Å². The van der Waals surface area contributed by atoms with Crippen molar-refractivity contribution < 1.29 is 4.74 Å². The number of halogens is 1. The summed E-state index contributed by atoms with van der Waals surface area (Å²) in [7, 11) is 1.75. The molecule has 1 fully saturated rings. The van der Waals surface area contributed by atoms with Crippen LogP contribution in [0.25, 0.3) is 0 Å². The lowest BCUT2D eigenvalue weighted by atomic mass is 9.80. The Morgan fingerprint density at radius 1 is 1.11 bits per heavy atom. The van der Waals surface area contributed by atoms with E-state index in [0.717, 1.165) is 17.6 Å². The Morgan fingerprint density at radius 2 is 1.63 bits per heavy atom. The first kappa shape index (κ1) is 14.9. The maximum Gasteiger partial charge on any atom is 0.124 e. The molecule has 106 valence electrons. The van der Waals surface area contributed by atoms with Gasteiger partial charge >= 0.3 is 0 Å². The number of ether oxygens (including phenoxy) is 1. The molecule has 0 heterocycles. The first-order valence-corrected chi connectivity index (χ1v) is 8.23. The van der Waals surface area contributed by atoms with Gasteiger partial charge in [-0.15, -0.1) is 0 Å². The largest absolute Gasteiger partial charge is 0.496 e. The summed E-state index contributed by atoms with van der Waals surface area (Å²) in [6.45, 7) is 6.65. The molecule has 0 radical (unpaired) electrons. The van der Waals surface area contributed by atoms with E-state index < -0.39 is 0 Å². The number of aryl methyl sites for hydroxylation is 2. The molecular weight excluding hydrogens is 300 g/mol. The van der Waals surface area contributed by atoms with Crippen LogP contribution in [0.15, 0.2) is 12.1 Å². The monoisotopic (exact) mass is 324 g/mol. The Bertz CT molecular complexity index is 410. The van der Waals surface area contributed by atoms with Gasteiger partial charge in [0.25, 0.3) is 0 Å². The fraction of sp³-hybridized carbons (Fsp3) is 0.647. The van der Waals surface area contributed by atoms with Crippen molar-refractivity contribution in [1.82, 2.24) is 0 Å². The van der Waals surface area contributed by atoms with Gasteiger partial charge in [0, 0.05) is 4.83 Å². The van der Waals surface area contributed by atoms with Crippen LogP contribution in [0.5, 0.6) is 5.75 Å². The summed E-state index contributed by atoms with van der Waals surface area (Å²) >= 11 is 3.94. The Hall–Kier alpha value is -0.500. The molecule has 2 rings (SSSR count). The molecule has 1 aliphatic carbocycles. The average Bonchev–Trinajstić information content (AvgIpc) is 2.38. The van der Waals surface area contributed by atoms with Crippen LogP contribution in [0.2, 0.25) is 0 Å². The van der Waals surface area contributed by atoms with E-state index in [2.05, 4.69) is 48.8 Å². The first-order valence-electron chi connectivity index (χ1n) is 7.32. The van der Waals surface area contributed by atoms with Gasteiger partial charge in [-0.2, -0.15) is 0 Å². The van der Waals surface area contributed by atoms with Crippen molar-refractivity contribution in [3.63, 3.8) is 0 Å². The lowest BCUT2D eigenvalue weighted by molar-refractivity contribution is 0.287. The van der Waals surface area contributed by atoms with E-state index in [-0.39, 0.29) is 0 Å². The van der Waals surface area contributed by atoms with E-state index >= 15 is 0 Å². The predicted molar refractivity (Wildman–Crippen MR) is 85.3 cm³/mol. The van der Waals surface area contributed by atoms with Crippen molar-refractivity contribution in [3.05, 3.63) is 28.8 Å². The van der Waals surface area contributed by atoms with Gasteiger partial charge in [-0.25, -0.2) is 0 Å². The molecule has 0 saturated heterocycles. The van der Waals surface area contributed by atoms with Crippen LogP contribution < -0.4 is 4.74 Å². The van der Waals surface area contributed by atoms with E-state index in [9.17, 15) is 0 Å². The molecule has 0 aromatic heterocycles. The zero-order valence-corrected chi connectivity index (χ0v) is 14.1. The van der Waals surface area contributed by atoms with E-state index in [1.165, 1.54) is 42.4 Å². The lowest BCUT2D eigenvalue weighted by Gasteiger charge is -2.30. The molecule has 2 heteroatoms. The molecule has 1 aromatic rings. The van der Waals surface area contributed by atoms with Crippen LogP contribution in [0.4, 0.5) is 0 Å². The van der Waals surface area contributed by atoms with Crippen LogP contribution in [0, 0.1) is 25.7 Å². The van der Waals surface area contributed by atoms with Crippen LogP contribution in [-0.2, 0) is 0 Å². The lowest BCUT2D eigenvalue weighted by Crippen LogP contribution is -2.16. The van der Waals surface area contributed by atoms with Crippen molar-refractivity contribution in [2.24, 2.45) is 11.8 Å². The van der Waals surface area contributed by atoms with Crippen molar-refractivity contribution in [2.75, 3.05) is 7.11 Å². The van der Waals surface area contributed by atoms with Gasteiger partial charge < -0.3 is 4.74 Å². The number of hydrogen-bond donors (Lipinski definition) is 0.